The molecule has 0 spiro atoms. The summed E-state index contributed by atoms with van der Waals surface area (Å²) in [5.41, 5.74) is 5.01. The second-order valence-electron chi connectivity index (χ2n) is 14.2. The second-order valence-corrected chi connectivity index (χ2v) is 46.0. The van der Waals surface area contributed by atoms with Crippen molar-refractivity contribution in [2.45, 2.75) is 156 Å². The second kappa shape index (κ2) is 11.0. The zero-order valence-corrected chi connectivity index (χ0v) is 30.0. The zero-order valence-electron chi connectivity index (χ0n) is 25.0. The van der Waals surface area contributed by atoms with Gasteiger partial charge in [0.15, 0.2) is 0 Å². The fraction of sp³-hybridized carbons (Fsp3) is 0.923. The molecule has 184 valence electrons. The Morgan fingerprint density at radius 1 is 0.452 bits per heavy atom. The van der Waals surface area contributed by atoms with Crippen molar-refractivity contribution in [1.82, 2.24) is 0 Å². The average molecular weight is 513 g/mol. The topological polar surface area (TPSA) is 0 Å². The molecule has 0 fully saturated rings. The minimum absolute atomic E-state index is 0.740. The normalized spacial score (nSPS) is 14.5. The van der Waals surface area contributed by atoms with Crippen LogP contribution in [0.1, 0.15) is 83.1 Å². The highest BCUT2D eigenvalue weighted by atomic mass is 29.6. The van der Waals surface area contributed by atoms with E-state index in [0.717, 1.165) is 33.2 Å². The van der Waals surface area contributed by atoms with Gasteiger partial charge in [-0.3, -0.25) is 0 Å². The van der Waals surface area contributed by atoms with Gasteiger partial charge in [-0.2, -0.15) is 5.33 Å². The first-order chi connectivity index (χ1) is 13.6. The highest BCUT2D eigenvalue weighted by molar-refractivity contribution is 7.63. The van der Waals surface area contributed by atoms with Crippen molar-refractivity contribution in [1.29, 1.82) is 0 Å². The van der Waals surface area contributed by atoms with Crippen LogP contribution in [0.3, 0.4) is 0 Å². The summed E-state index contributed by atoms with van der Waals surface area (Å²) in [7, 11) is -6.82. The molecule has 0 aliphatic heterocycles. The van der Waals surface area contributed by atoms with Gasteiger partial charge in [-0.05, 0) is 33.2 Å². The fourth-order valence-corrected chi connectivity index (χ4v) is 72.1. The van der Waals surface area contributed by atoms with Crippen LogP contribution >= 0.6 is 0 Å². The molecular formula is C26H60Si5. The SMILES string of the molecule is CC(C)[Si](C(C)C)(C(C)C)[Si](=C=C([Si](C)(C)C)[Si](C)(C)C)[Si](C(C)C)(C(C)C)C(C)C. The van der Waals surface area contributed by atoms with Crippen molar-refractivity contribution in [3.63, 3.8) is 0 Å². The summed E-state index contributed by atoms with van der Waals surface area (Å²) in [5.74, 6) is 0. The molecule has 0 aromatic heterocycles. The van der Waals surface area contributed by atoms with Crippen LogP contribution < -0.4 is 0 Å². The Morgan fingerprint density at radius 2 is 0.645 bits per heavy atom. The Kier molecular flexibility index (Phi) is 11.2. The van der Waals surface area contributed by atoms with E-state index < -0.39 is 38.8 Å². The van der Waals surface area contributed by atoms with Crippen LogP contribution in [0, 0.1) is 0 Å². The van der Waals surface area contributed by atoms with Gasteiger partial charge >= 0.3 is 0 Å². The molecule has 0 saturated heterocycles. The summed E-state index contributed by atoms with van der Waals surface area (Å²) in [6.45, 7) is 47.0. The smallest absolute Gasteiger partial charge is 0.0783 e. The van der Waals surface area contributed by atoms with Crippen LogP contribution in [-0.2, 0) is 0 Å². The molecule has 0 nitrogen and oxygen atoms in total. The molecule has 5 heteroatoms. The molecule has 0 aromatic carbocycles. The summed E-state index contributed by atoms with van der Waals surface area (Å²) < 4.78 is 0. The van der Waals surface area contributed by atoms with Crippen LogP contribution in [-0.4, -0.2) is 44.1 Å². The van der Waals surface area contributed by atoms with Crippen LogP contribution in [0.25, 0.3) is 0 Å². The predicted molar refractivity (Wildman–Crippen MR) is 163 cm³/mol. The molecule has 0 saturated carbocycles. The highest BCUT2D eigenvalue weighted by Crippen LogP contribution is 2.50. The molecule has 0 aliphatic rings. The van der Waals surface area contributed by atoms with Gasteiger partial charge in [0.25, 0.3) is 0 Å². The van der Waals surface area contributed by atoms with E-state index in [9.17, 15) is 0 Å². The Hall–Kier alpha value is 0.734. The molecule has 0 aliphatic carbocycles. The summed E-state index contributed by atoms with van der Waals surface area (Å²) in [4.78, 5) is 1.89. The van der Waals surface area contributed by atoms with Crippen LogP contribution in [0.4, 0.5) is 0 Å². The Balaban J connectivity index is 8.41. The third-order valence-electron chi connectivity index (χ3n) is 8.35. The lowest BCUT2D eigenvalue weighted by Gasteiger charge is -2.55. The molecule has 0 N–H and O–H groups in total. The molecule has 0 rings (SSSR count). The van der Waals surface area contributed by atoms with E-state index in [2.05, 4.69) is 122 Å². The van der Waals surface area contributed by atoms with Gasteiger partial charge in [-0.25, -0.2) is 0 Å². The van der Waals surface area contributed by atoms with Gasteiger partial charge in [0.05, 0.1) is 31.3 Å². The lowest BCUT2D eigenvalue weighted by atomic mass is 10.5. The van der Waals surface area contributed by atoms with Gasteiger partial charge in [-0.1, -0.05) is 127 Å². The van der Waals surface area contributed by atoms with Crippen molar-refractivity contribution in [2.24, 2.45) is 0 Å². The lowest BCUT2D eigenvalue weighted by molar-refractivity contribution is 0.833. The van der Waals surface area contributed by atoms with E-state index in [1.54, 1.807) is 0 Å². The van der Waals surface area contributed by atoms with E-state index in [0.29, 0.717) is 0 Å². The standard InChI is InChI=1S/C26H60Si5/c1-20(2)30(21(3)4,22(5)6)27(19-26(28(13,14)15)29(16,17)18)31(23(7)8,24(9)10)25(11)12/h20-25H,1-18H3. The summed E-state index contributed by atoms with van der Waals surface area (Å²) >= 11 is 0. The van der Waals surface area contributed by atoms with Crippen molar-refractivity contribution in [3.05, 3.63) is 4.82 Å². The van der Waals surface area contributed by atoms with Crippen molar-refractivity contribution >= 4 is 44.1 Å². The first-order valence-corrected chi connectivity index (χ1v) is 28.1. The molecule has 0 bridgehead atoms. The molecule has 0 radical (unpaired) electrons. The number of hydrogen-bond acceptors (Lipinski definition) is 0. The number of hydrogen-bond donors (Lipinski definition) is 0. The fourth-order valence-electron chi connectivity index (χ4n) is 7.95. The van der Waals surface area contributed by atoms with E-state index >= 15 is 0 Å². The predicted octanol–water partition coefficient (Wildman–Crippen LogP) is 9.66. The van der Waals surface area contributed by atoms with E-state index in [4.69, 9.17) is 5.33 Å². The van der Waals surface area contributed by atoms with Crippen molar-refractivity contribution in [3.8, 4) is 0 Å². The molecular weight excluding hydrogens is 453 g/mol. The van der Waals surface area contributed by atoms with Crippen LogP contribution in [0.5, 0.6) is 0 Å². The van der Waals surface area contributed by atoms with Gasteiger partial charge in [0.2, 0.25) is 0 Å². The van der Waals surface area contributed by atoms with Gasteiger partial charge < -0.3 is 0 Å². The Labute approximate surface area is 203 Å². The lowest BCUT2D eigenvalue weighted by Crippen LogP contribution is -2.70. The van der Waals surface area contributed by atoms with Gasteiger partial charge in [0, 0.05) is 7.44 Å². The monoisotopic (exact) mass is 512 g/mol. The van der Waals surface area contributed by atoms with E-state index in [1.165, 1.54) is 0 Å². The molecule has 0 heterocycles. The zero-order chi connectivity index (χ0) is 25.3. The third-order valence-corrected chi connectivity index (χ3v) is 54.4. The maximum absolute atomic E-state index is 4.77. The molecule has 0 atom stereocenters. The van der Waals surface area contributed by atoms with Crippen molar-refractivity contribution in [2.75, 3.05) is 0 Å². The molecule has 0 amide bonds. The summed E-state index contributed by atoms with van der Waals surface area (Å²) in [6, 6.07) is 0. The molecule has 0 unspecified atom stereocenters. The first-order valence-electron chi connectivity index (χ1n) is 13.2. The van der Waals surface area contributed by atoms with Crippen molar-refractivity contribution < 1.29 is 0 Å². The van der Waals surface area contributed by atoms with Gasteiger partial charge in [0.1, 0.15) is 0 Å². The Bertz CT molecular complexity index is 555. The minimum Gasteiger partial charge on any atom is -0.172 e. The molecule has 31 heavy (non-hydrogen) atoms. The summed E-state index contributed by atoms with van der Waals surface area (Å²) in [5, 5.41) is 4.77. The average Bonchev–Trinajstić information content (AvgIpc) is 2.48. The highest BCUT2D eigenvalue weighted by Gasteiger charge is 2.58. The third kappa shape index (κ3) is 6.06. The van der Waals surface area contributed by atoms with Crippen LogP contribution in [0.2, 0.25) is 72.5 Å². The maximum Gasteiger partial charge on any atom is 0.0783 e. The van der Waals surface area contributed by atoms with E-state index in [1.807, 2.05) is 4.82 Å². The Morgan fingerprint density at radius 3 is 0.774 bits per heavy atom. The quantitative estimate of drug-likeness (QED) is 0.255. The largest absolute Gasteiger partial charge is 0.172 e. The van der Waals surface area contributed by atoms with Gasteiger partial charge in [-0.15, -0.1) is 0 Å². The minimum atomic E-state index is -1.63. The van der Waals surface area contributed by atoms with Crippen LogP contribution in [0.15, 0.2) is 4.82 Å². The first kappa shape index (κ1) is 31.7. The summed E-state index contributed by atoms with van der Waals surface area (Å²) in [6.07, 6.45) is 0. The molecule has 0 aromatic rings. The maximum atomic E-state index is 4.77. The van der Waals surface area contributed by atoms with E-state index in [-0.39, 0.29) is 0 Å². The number of rotatable bonds is 10.